The highest BCUT2D eigenvalue weighted by atomic mass is 16.5. The molecule has 0 aliphatic rings. The maximum atomic E-state index is 12.2. The molecule has 0 spiro atoms. The molecule has 0 radical (unpaired) electrons. The molecule has 1 aromatic carbocycles. The van der Waals surface area contributed by atoms with E-state index < -0.39 is 0 Å². The molecule has 170 valence electrons. The fourth-order valence-electron chi connectivity index (χ4n) is 2.99. The van der Waals surface area contributed by atoms with Crippen molar-refractivity contribution in [3.05, 3.63) is 35.4 Å². The Morgan fingerprint density at radius 2 is 1.03 bits per heavy atom. The SMILES string of the molecule is CCCCCCN(C)COC(=O)c1ccc(C(=O)OCN(C)CCCCCC)cc1. The Morgan fingerprint density at radius 1 is 0.667 bits per heavy atom. The predicted octanol–water partition coefficient (Wildman–Crippen LogP) is 4.94. The Morgan fingerprint density at radius 3 is 1.37 bits per heavy atom. The van der Waals surface area contributed by atoms with Gasteiger partial charge >= 0.3 is 11.9 Å². The van der Waals surface area contributed by atoms with E-state index in [0.717, 1.165) is 25.9 Å². The van der Waals surface area contributed by atoms with Crippen LogP contribution >= 0.6 is 0 Å². The number of hydrogen-bond acceptors (Lipinski definition) is 6. The number of rotatable bonds is 16. The second-order valence-electron chi connectivity index (χ2n) is 7.98. The topological polar surface area (TPSA) is 59.1 Å². The van der Waals surface area contributed by atoms with Crippen molar-refractivity contribution in [2.45, 2.75) is 65.2 Å². The zero-order valence-electron chi connectivity index (χ0n) is 19.3. The molecular weight excluding hydrogens is 380 g/mol. The quantitative estimate of drug-likeness (QED) is 0.214. The molecule has 1 rings (SSSR count). The van der Waals surface area contributed by atoms with Crippen molar-refractivity contribution in [2.24, 2.45) is 0 Å². The standard InChI is InChI=1S/C24H40N2O4/c1-5-7-9-11-17-25(3)19-29-23(27)21-13-15-22(16-14-21)24(28)30-20-26(4)18-12-10-8-6-2/h13-16H,5-12,17-20H2,1-4H3. The zero-order chi connectivity index (χ0) is 22.2. The Bertz CT molecular complexity index is 551. The number of hydrogen-bond donors (Lipinski definition) is 0. The van der Waals surface area contributed by atoms with Crippen molar-refractivity contribution in [3.8, 4) is 0 Å². The molecule has 0 bridgehead atoms. The molecule has 6 nitrogen and oxygen atoms in total. The molecule has 0 saturated carbocycles. The first-order valence-corrected chi connectivity index (χ1v) is 11.3. The molecule has 0 saturated heterocycles. The van der Waals surface area contributed by atoms with Crippen LogP contribution in [0.15, 0.2) is 24.3 Å². The van der Waals surface area contributed by atoms with Crippen molar-refractivity contribution >= 4 is 11.9 Å². The van der Waals surface area contributed by atoms with E-state index in [1.165, 1.54) is 38.5 Å². The van der Waals surface area contributed by atoms with Crippen LogP contribution in [0.3, 0.4) is 0 Å². The molecule has 0 atom stereocenters. The normalized spacial score (nSPS) is 11.1. The summed E-state index contributed by atoms with van der Waals surface area (Å²) in [4.78, 5) is 28.4. The third-order valence-corrected chi connectivity index (χ3v) is 4.98. The van der Waals surface area contributed by atoms with Gasteiger partial charge in [0.2, 0.25) is 0 Å². The number of nitrogens with zero attached hydrogens (tertiary/aromatic N) is 2. The minimum absolute atomic E-state index is 0.263. The van der Waals surface area contributed by atoms with Crippen LogP contribution in [0.25, 0.3) is 0 Å². The van der Waals surface area contributed by atoms with Gasteiger partial charge in [0.05, 0.1) is 11.1 Å². The Labute approximate surface area is 182 Å². The molecule has 0 fully saturated rings. The minimum atomic E-state index is -0.387. The monoisotopic (exact) mass is 420 g/mol. The molecular formula is C24H40N2O4. The molecule has 0 unspecified atom stereocenters. The number of ether oxygens (including phenoxy) is 2. The van der Waals surface area contributed by atoms with Crippen molar-refractivity contribution in [2.75, 3.05) is 40.6 Å². The summed E-state index contributed by atoms with van der Waals surface area (Å²) in [5, 5.41) is 0. The largest absolute Gasteiger partial charge is 0.446 e. The van der Waals surface area contributed by atoms with Gasteiger partial charge in [0.15, 0.2) is 0 Å². The second kappa shape index (κ2) is 15.9. The Hall–Kier alpha value is -1.92. The molecule has 0 amide bonds. The summed E-state index contributed by atoms with van der Waals surface area (Å²) in [5.41, 5.74) is 0.859. The number of carbonyl (C=O) groups excluding carboxylic acids is 2. The molecule has 0 aliphatic heterocycles. The summed E-state index contributed by atoms with van der Waals surface area (Å²) >= 11 is 0. The summed E-state index contributed by atoms with van der Waals surface area (Å²) in [5.74, 6) is -0.774. The highest BCUT2D eigenvalue weighted by molar-refractivity contribution is 5.93. The van der Waals surface area contributed by atoms with Crippen LogP contribution in [0.2, 0.25) is 0 Å². The molecule has 0 aromatic heterocycles. The van der Waals surface area contributed by atoms with Crippen LogP contribution in [0.1, 0.15) is 85.9 Å². The highest BCUT2D eigenvalue weighted by Gasteiger charge is 2.12. The second-order valence-corrected chi connectivity index (χ2v) is 7.98. The number of benzene rings is 1. The number of unbranched alkanes of at least 4 members (excludes halogenated alkanes) is 6. The lowest BCUT2D eigenvalue weighted by atomic mass is 10.1. The van der Waals surface area contributed by atoms with Gasteiger partial charge in [0.1, 0.15) is 13.5 Å². The smallest absolute Gasteiger partial charge is 0.339 e. The summed E-state index contributed by atoms with van der Waals surface area (Å²) in [6.45, 7) is 6.71. The molecule has 0 N–H and O–H groups in total. The average molecular weight is 421 g/mol. The Kier molecular flexibility index (Phi) is 13.8. The van der Waals surface area contributed by atoms with Crippen molar-refractivity contribution in [1.29, 1.82) is 0 Å². The van der Waals surface area contributed by atoms with E-state index >= 15 is 0 Å². The van der Waals surface area contributed by atoms with Crippen molar-refractivity contribution in [1.82, 2.24) is 9.80 Å². The van der Waals surface area contributed by atoms with E-state index in [0.29, 0.717) is 11.1 Å². The van der Waals surface area contributed by atoms with Crippen LogP contribution in [-0.2, 0) is 9.47 Å². The summed E-state index contributed by atoms with van der Waals surface area (Å²) in [6, 6.07) is 6.42. The van der Waals surface area contributed by atoms with E-state index in [4.69, 9.17) is 9.47 Å². The highest BCUT2D eigenvalue weighted by Crippen LogP contribution is 2.09. The number of esters is 2. The van der Waals surface area contributed by atoms with Gasteiger partial charge in [-0.25, -0.2) is 9.59 Å². The first-order chi connectivity index (χ1) is 14.5. The van der Waals surface area contributed by atoms with Crippen LogP contribution in [-0.4, -0.2) is 62.4 Å². The van der Waals surface area contributed by atoms with E-state index in [2.05, 4.69) is 13.8 Å². The Balaban J connectivity index is 2.33. The lowest BCUT2D eigenvalue weighted by Crippen LogP contribution is -2.25. The van der Waals surface area contributed by atoms with Crippen LogP contribution < -0.4 is 0 Å². The van der Waals surface area contributed by atoms with Gasteiger partial charge in [-0.3, -0.25) is 9.80 Å². The first kappa shape index (κ1) is 26.1. The van der Waals surface area contributed by atoms with Crippen molar-refractivity contribution in [3.63, 3.8) is 0 Å². The summed E-state index contributed by atoms with van der Waals surface area (Å²) < 4.78 is 10.7. The average Bonchev–Trinajstić information content (AvgIpc) is 2.76. The van der Waals surface area contributed by atoms with Gasteiger partial charge < -0.3 is 9.47 Å². The van der Waals surface area contributed by atoms with Gasteiger partial charge in [-0.1, -0.05) is 52.4 Å². The molecule has 0 aliphatic carbocycles. The maximum Gasteiger partial charge on any atom is 0.339 e. The van der Waals surface area contributed by atoms with Gasteiger partial charge in [0, 0.05) is 13.1 Å². The van der Waals surface area contributed by atoms with Gasteiger partial charge in [-0.15, -0.1) is 0 Å². The summed E-state index contributed by atoms with van der Waals surface area (Å²) in [6.07, 6.45) is 9.48. The third-order valence-electron chi connectivity index (χ3n) is 4.98. The first-order valence-electron chi connectivity index (χ1n) is 11.3. The fourth-order valence-corrected chi connectivity index (χ4v) is 2.99. The molecule has 30 heavy (non-hydrogen) atoms. The third kappa shape index (κ3) is 11.3. The molecule has 1 aromatic rings. The summed E-state index contributed by atoms with van der Waals surface area (Å²) in [7, 11) is 3.89. The zero-order valence-corrected chi connectivity index (χ0v) is 19.3. The van der Waals surface area contributed by atoms with E-state index in [1.54, 1.807) is 24.3 Å². The van der Waals surface area contributed by atoms with Crippen LogP contribution in [0, 0.1) is 0 Å². The predicted molar refractivity (Wildman–Crippen MR) is 121 cm³/mol. The molecule has 0 heterocycles. The van der Waals surface area contributed by atoms with Gasteiger partial charge in [-0.05, 0) is 51.2 Å². The fraction of sp³-hybridized carbons (Fsp3) is 0.667. The van der Waals surface area contributed by atoms with Crippen molar-refractivity contribution < 1.29 is 19.1 Å². The van der Waals surface area contributed by atoms with E-state index in [-0.39, 0.29) is 25.4 Å². The lowest BCUT2D eigenvalue weighted by Gasteiger charge is -2.17. The van der Waals surface area contributed by atoms with Gasteiger partial charge in [-0.2, -0.15) is 0 Å². The van der Waals surface area contributed by atoms with Crippen LogP contribution in [0.5, 0.6) is 0 Å². The maximum absolute atomic E-state index is 12.2. The minimum Gasteiger partial charge on any atom is -0.446 e. The van der Waals surface area contributed by atoms with E-state index in [9.17, 15) is 9.59 Å². The number of carbonyl (C=O) groups is 2. The molecule has 6 heteroatoms. The van der Waals surface area contributed by atoms with E-state index in [1.807, 2.05) is 23.9 Å². The van der Waals surface area contributed by atoms with Gasteiger partial charge in [0.25, 0.3) is 0 Å². The lowest BCUT2D eigenvalue weighted by molar-refractivity contribution is 0.0258. The van der Waals surface area contributed by atoms with Crippen LogP contribution in [0.4, 0.5) is 0 Å².